The van der Waals surface area contributed by atoms with Crippen molar-refractivity contribution in [2.75, 3.05) is 24.2 Å². The quantitative estimate of drug-likeness (QED) is 0.365. The number of nitrogens with zero attached hydrogens (tertiary/aromatic N) is 2. The van der Waals surface area contributed by atoms with Gasteiger partial charge in [-0.2, -0.15) is 0 Å². The number of benzene rings is 2. The van der Waals surface area contributed by atoms with Crippen molar-refractivity contribution in [3.8, 4) is 0 Å². The number of halogens is 2. The monoisotopic (exact) mass is 619 g/mol. The highest BCUT2D eigenvalue weighted by Gasteiger charge is 2.51. The van der Waals surface area contributed by atoms with Gasteiger partial charge in [-0.3, -0.25) is 13.9 Å². The number of anilines is 1. The molecule has 0 spiro atoms. The van der Waals surface area contributed by atoms with Crippen molar-refractivity contribution in [2.45, 2.75) is 69.9 Å². The Morgan fingerprint density at radius 3 is 2.07 bits per heavy atom. The Morgan fingerprint density at radius 1 is 1.00 bits per heavy atom. The molecule has 0 radical (unpaired) electrons. The minimum Gasteiger partial charge on any atom is -0.357 e. The van der Waals surface area contributed by atoms with Crippen molar-refractivity contribution in [3.63, 3.8) is 0 Å². The molecule has 4 aliphatic carbocycles. The largest absolute Gasteiger partial charge is 0.357 e. The second-order valence-electron chi connectivity index (χ2n) is 12.3. The molecule has 0 saturated heterocycles. The molecule has 0 aromatic heterocycles. The fourth-order valence-corrected chi connectivity index (χ4v) is 9.30. The first-order valence-electron chi connectivity index (χ1n) is 14.5. The van der Waals surface area contributed by atoms with E-state index in [9.17, 15) is 18.0 Å². The highest BCUT2D eigenvalue weighted by Crippen LogP contribution is 2.60. The first kappa shape index (κ1) is 30.2. The van der Waals surface area contributed by atoms with Crippen LogP contribution < -0.4 is 9.62 Å². The summed E-state index contributed by atoms with van der Waals surface area (Å²) in [7, 11) is -2.30. The summed E-state index contributed by atoms with van der Waals surface area (Å²) in [6.45, 7) is 1.40. The molecule has 0 aliphatic heterocycles. The lowest BCUT2D eigenvalue weighted by atomic mass is 9.48. The summed E-state index contributed by atoms with van der Waals surface area (Å²) in [5.74, 6) is 1.58. The smallest absolute Gasteiger partial charge is 0.244 e. The standard InChI is InChI=1S/C31H39Cl2N3O4S/c1-4-28(30(38)34-2)35(18-23-5-8-25(32)14-27(23)33)29(37)19-36(41(3,39)40)26-9-6-24(7-10-26)31-15-20-11-21(16-31)13-22(12-20)17-31/h5-10,14,20-22,28H,4,11-13,15-19H2,1-3H3,(H,34,38)/t20?,21?,22?,28-,31?/m1/s1. The minimum absolute atomic E-state index is 0.0311. The molecule has 0 heterocycles. The molecule has 6 rings (SSSR count). The van der Waals surface area contributed by atoms with Gasteiger partial charge in [0, 0.05) is 23.6 Å². The van der Waals surface area contributed by atoms with Gasteiger partial charge in [-0.15, -0.1) is 0 Å². The molecule has 2 aromatic carbocycles. The minimum atomic E-state index is -3.81. The lowest BCUT2D eigenvalue weighted by Crippen LogP contribution is -2.51. The van der Waals surface area contributed by atoms with E-state index in [1.54, 1.807) is 25.1 Å². The second kappa shape index (κ2) is 11.8. The first-order chi connectivity index (χ1) is 19.4. The number of hydrogen-bond donors (Lipinski definition) is 1. The van der Waals surface area contributed by atoms with Gasteiger partial charge in [0.15, 0.2) is 0 Å². The Balaban J connectivity index is 1.41. The number of hydrogen-bond acceptors (Lipinski definition) is 4. The Bertz CT molecular complexity index is 1380. The van der Waals surface area contributed by atoms with Crippen molar-refractivity contribution in [1.29, 1.82) is 0 Å². The van der Waals surface area contributed by atoms with Crippen LogP contribution in [0.25, 0.3) is 0 Å². The number of sulfonamides is 1. The zero-order valence-corrected chi connectivity index (χ0v) is 26.2. The number of nitrogens with one attached hydrogen (secondary N) is 1. The SMILES string of the molecule is CC[C@H](C(=O)NC)N(Cc1ccc(Cl)cc1Cl)C(=O)CN(c1ccc(C23CC4CC(CC(C4)C2)C3)cc1)S(C)(=O)=O. The highest BCUT2D eigenvalue weighted by molar-refractivity contribution is 7.92. The van der Waals surface area contributed by atoms with E-state index in [1.807, 2.05) is 12.1 Å². The van der Waals surface area contributed by atoms with Gasteiger partial charge >= 0.3 is 0 Å². The topological polar surface area (TPSA) is 86.8 Å². The van der Waals surface area contributed by atoms with Crippen LogP contribution >= 0.6 is 23.2 Å². The number of carbonyl (C=O) groups is 2. The van der Waals surface area contributed by atoms with Crippen molar-refractivity contribution in [3.05, 3.63) is 63.6 Å². The van der Waals surface area contributed by atoms with Gasteiger partial charge in [0.2, 0.25) is 21.8 Å². The summed E-state index contributed by atoms with van der Waals surface area (Å²) >= 11 is 12.5. The summed E-state index contributed by atoms with van der Waals surface area (Å²) in [4.78, 5) is 28.0. The molecule has 41 heavy (non-hydrogen) atoms. The summed E-state index contributed by atoms with van der Waals surface area (Å²) in [6.07, 6.45) is 9.15. The van der Waals surface area contributed by atoms with E-state index in [2.05, 4.69) is 17.4 Å². The predicted octanol–water partition coefficient (Wildman–Crippen LogP) is 5.78. The van der Waals surface area contributed by atoms with Crippen LogP contribution in [0, 0.1) is 17.8 Å². The van der Waals surface area contributed by atoms with E-state index in [-0.39, 0.29) is 17.9 Å². The van der Waals surface area contributed by atoms with E-state index in [0.29, 0.717) is 27.7 Å². The van der Waals surface area contributed by atoms with E-state index in [0.717, 1.165) is 28.3 Å². The highest BCUT2D eigenvalue weighted by atomic mass is 35.5. The molecule has 4 saturated carbocycles. The molecule has 10 heteroatoms. The van der Waals surface area contributed by atoms with Crippen molar-refractivity contribution >= 4 is 50.7 Å². The Kier molecular flexibility index (Phi) is 8.66. The van der Waals surface area contributed by atoms with Crippen LogP contribution in [0.2, 0.25) is 10.0 Å². The lowest BCUT2D eigenvalue weighted by Gasteiger charge is -2.57. The third-order valence-electron chi connectivity index (χ3n) is 9.47. The number of rotatable bonds is 10. The van der Waals surface area contributed by atoms with E-state index >= 15 is 0 Å². The molecule has 222 valence electrons. The molecule has 2 aromatic rings. The molecule has 1 N–H and O–H groups in total. The van der Waals surface area contributed by atoms with Gasteiger partial charge in [-0.25, -0.2) is 8.42 Å². The molecule has 2 amide bonds. The van der Waals surface area contributed by atoms with Gasteiger partial charge in [-0.05, 0) is 104 Å². The van der Waals surface area contributed by atoms with E-state index in [4.69, 9.17) is 23.2 Å². The predicted molar refractivity (Wildman–Crippen MR) is 164 cm³/mol. The third-order valence-corrected chi connectivity index (χ3v) is 11.2. The van der Waals surface area contributed by atoms with Gasteiger partial charge in [0.25, 0.3) is 0 Å². The number of amides is 2. The van der Waals surface area contributed by atoms with Crippen LogP contribution in [0.3, 0.4) is 0 Å². The van der Waals surface area contributed by atoms with Crippen LogP contribution in [0.4, 0.5) is 5.69 Å². The normalized spacial score (nSPS) is 25.5. The van der Waals surface area contributed by atoms with E-state index in [1.165, 1.54) is 56.0 Å². The Morgan fingerprint density at radius 2 is 1.59 bits per heavy atom. The van der Waals surface area contributed by atoms with Gasteiger partial charge in [-0.1, -0.05) is 48.3 Å². The molecular weight excluding hydrogens is 581 g/mol. The maximum Gasteiger partial charge on any atom is 0.244 e. The Hall–Kier alpha value is -2.29. The van der Waals surface area contributed by atoms with Crippen LogP contribution in [-0.2, 0) is 31.6 Å². The molecule has 4 aliphatic rings. The molecule has 4 bridgehead atoms. The zero-order valence-electron chi connectivity index (χ0n) is 23.9. The fourth-order valence-electron chi connectivity index (χ4n) is 7.98. The average Bonchev–Trinajstić information content (AvgIpc) is 2.91. The molecule has 0 unspecified atom stereocenters. The summed E-state index contributed by atoms with van der Waals surface area (Å²) in [5, 5.41) is 3.43. The van der Waals surface area contributed by atoms with Crippen molar-refractivity contribution < 1.29 is 18.0 Å². The maximum atomic E-state index is 13.8. The zero-order chi connectivity index (χ0) is 29.5. The summed E-state index contributed by atoms with van der Waals surface area (Å²) < 4.78 is 27.2. The molecular formula is C31H39Cl2N3O4S. The van der Waals surface area contributed by atoms with Crippen LogP contribution in [0.1, 0.15) is 63.0 Å². The van der Waals surface area contributed by atoms with Crippen molar-refractivity contribution in [1.82, 2.24) is 10.2 Å². The summed E-state index contributed by atoms with van der Waals surface area (Å²) in [5.41, 5.74) is 2.52. The summed E-state index contributed by atoms with van der Waals surface area (Å²) in [6, 6.07) is 11.9. The van der Waals surface area contributed by atoms with Crippen LogP contribution in [0.15, 0.2) is 42.5 Å². The van der Waals surface area contributed by atoms with Gasteiger partial charge in [0.1, 0.15) is 12.6 Å². The van der Waals surface area contributed by atoms with Crippen molar-refractivity contribution in [2.24, 2.45) is 17.8 Å². The third kappa shape index (κ3) is 6.25. The molecule has 4 fully saturated rings. The van der Waals surface area contributed by atoms with Crippen LogP contribution in [0.5, 0.6) is 0 Å². The molecule has 1 atom stereocenters. The van der Waals surface area contributed by atoms with Gasteiger partial charge < -0.3 is 10.2 Å². The molecule has 7 nitrogen and oxygen atoms in total. The Labute approximate surface area is 253 Å². The number of likely N-dealkylation sites (N-methyl/N-ethyl adjacent to an activating group) is 1. The lowest BCUT2D eigenvalue weighted by molar-refractivity contribution is -0.140. The average molecular weight is 621 g/mol. The van der Waals surface area contributed by atoms with Crippen LogP contribution in [-0.4, -0.2) is 51.0 Å². The number of carbonyl (C=O) groups excluding carboxylic acids is 2. The first-order valence-corrected chi connectivity index (χ1v) is 17.1. The van der Waals surface area contributed by atoms with E-state index < -0.39 is 28.5 Å². The van der Waals surface area contributed by atoms with Gasteiger partial charge in [0.05, 0.1) is 11.9 Å². The second-order valence-corrected chi connectivity index (χ2v) is 15.1. The maximum absolute atomic E-state index is 13.8. The fraction of sp³-hybridized carbons (Fsp3) is 0.548.